The summed E-state index contributed by atoms with van der Waals surface area (Å²) in [6.07, 6.45) is 0.410. The Bertz CT molecular complexity index is 835. The third kappa shape index (κ3) is 4.94. The van der Waals surface area contributed by atoms with Gasteiger partial charge in [0.15, 0.2) is 16.6 Å². The van der Waals surface area contributed by atoms with Crippen molar-refractivity contribution >= 4 is 34.0 Å². The number of carbonyl (C=O) groups is 1. The fraction of sp³-hybridized carbons (Fsp3) is 0.474. The third-order valence-corrected chi connectivity index (χ3v) is 5.44. The largest absolute Gasteiger partial charge is 0.493 e. The van der Waals surface area contributed by atoms with Gasteiger partial charge in [-0.05, 0) is 26.0 Å². The summed E-state index contributed by atoms with van der Waals surface area (Å²) < 4.78 is 16.2. The molecule has 28 heavy (non-hydrogen) atoms. The summed E-state index contributed by atoms with van der Waals surface area (Å²) in [7, 11) is 2.99. The van der Waals surface area contributed by atoms with E-state index < -0.39 is 0 Å². The van der Waals surface area contributed by atoms with Crippen molar-refractivity contribution in [3.8, 4) is 11.5 Å². The van der Waals surface area contributed by atoms with Crippen LogP contribution < -0.4 is 14.8 Å². The van der Waals surface area contributed by atoms with Crippen molar-refractivity contribution in [2.45, 2.75) is 32.6 Å². The van der Waals surface area contributed by atoms with Crippen molar-refractivity contribution in [1.29, 1.82) is 0 Å². The molecule has 3 rings (SSSR count). The van der Waals surface area contributed by atoms with Crippen LogP contribution in [-0.4, -0.2) is 55.3 Å². The lowest BCUT2D eigenvalue weighted by Gasteiger charge is -2.34. The van der Waals surface area contributed by atoms with E-state index in [-0.39, 0.29) is 18.1 Å². The van der Waals surface area contributed by atoms with E-state index >= 15 is 0 Å². The van der Waals surface area contributed by atoms with Gasteiger partial charge in [-0.1, -0.05) is 11.6 Å². The second kappa shape index (κ2) is 9.09. The second-order valence-electron chi connectivity index (χ2n) is 6.74. The van der Waals surface area contributed by atoms with Crippen LogP contribution in [0.2, 0.25) is 5.02 Å². The van der Waals surface area contributed by atoms with E-state index in [1.165, 1.54) is 25.6 Å². The quantitative estimate of drug-likeness (QED) is 0.761. The molecule has 1 amide bonds. The first-order chi connectivity index (χ1) is 13.4. The number of carbonyl (C=O) groups excluding carboxylic acids is 1. The molecule has 1 aromatic carbocycles. The predicted octanol–water partition coefficient (Wildman–Crippen LogP) is 3.68. The molecule has 0 bridgehead atoms. The first kappa shape index (κ1) is 20.9. The van der Waals surface area contributed by atoms with Crippen LogP contribution in [0.5, 0.6) is 11.5 Å². The Balaban J connectivity index is 1.66. The van der Waals surface area contributed by atoms with Gasteiger partial charge in [-0.25, -0.2) is 4.98 Å². The Morgan fingerprint density at radius 1 is 1.32 bits per heavy atom. The van der Waals surface area contributed by atoms with E-state index in [0.29, 0.717) is 27.2 Å². The molecule has 1 aliphatic rings. The lowest BCUT2D eigenvalue weighted by Crippen LogP contribution is -2.44. The normalized spacial score (nSPS) is 20.0. The number of hydrogen-bond acceptors (Lipinski definition) is 7. The number of hydrogen-bond donors (Lipinski definition) is 1. The number of halogens is 1. The van der Waals surface area contributed by atoms with Crippen LogP contribution in [-0.2, 0) is 11.3 Å². The maximum atomic E-state index is 12.6. The molecular formula is C19H24ClN3O4S. The molecule has 1 aromatic heterocycles. The summed E-state index contributed by atoms with van der Waals surface area (Å²) >= 11 is 7.58. The average Bonchev–Trinajstić information content (AvgIpc) is 3.06. The zero-order valence-corrected chi connectivity index (χ0v) is 17.9. The van der Waals surface area contributed by atoms with E-state index in [1.807, 2.05) is 5.38 Å². The Morgan fingerprint density at radius 2 is 2.04 bits per heavy atom. The van der Waals surface area contributed by atoms with Crippen molar-refractivity contribution in [3.63, 3.8) is 0 Å². The molecule has 9 heteroatoms. The first-order valence-electron chi connectivity index (χ1n) is 8.94. The second-order valence-corrected chi connectivity index (χ2v) is 8.01. The van der Waals surface area contributed by atoms with E-state index in [1.54, 1.807) is 12.1 Å². The van der Waals surface area contributed by atoms with Gasteiger partial charge in [-0.2, -0.15) is 0 Å². The van der Waals surface area contributed by atoms with E-state index in [2.05, 4.69) is 29.0 Å². The summed E-state index contributed by atoms with van der Waals surface area (Å²) in [4.78, 5) is 19.4. The van der Waals surface area contributed by atoms with Gasteiger partial charge in [0.1, 0.15) is 0 Å². The van der Waals surface area contributed by atoms with Crippen molar-refractivity contribution in [2.75, 3.05) is 32.6 Å². The van der Waals surface area contributed by atoms with Crippen molar-refractivity contribution < 1.29 is 19.0 Å². The van der Waals surface area contributed by atoms with Crippen LogP contribution in [0.1, 0.15) is 29.9 Å². The number of amides is 1. The highest BCUT2D eigenvalue weighted by atomic mass is 35.5. The number of methoxy groups -OCH3 is 2. The minimum absolute atomic E-state index is 0.205. The fourth-order valence-electron chi connectivity index (χ4n) is 3.30. The van der Waals surface area contributed by atoms with Crippen molar-refractivity contribution in [3.05, 3.63) is 33.8 Å². The summed E-state index contributed by atoms with van der Waals surface area (Å²) in [6, 6.07) is 3.13. The molecule has 7 nitrogen and oxygen atoms in total. The number of morpholine rings is 1. The zero-order valence-electron chi connectivity index (χ0n) is 16.3. The van der Waals surface area contributed by atoms with Crippen LogP contribution in [0.15, 0.2) is 17.5 Å². The molecule has 1 fully saturated rings. The minimum Gasteiger partial charge on any atom is -0.493 e. The molecule has 1 saturated heterocycles. The molecule has 0 radical (unpaired) electrons. The first-order valence-corrected chi connectivity index (χ1v) is 10.2. The molecule has 1 aliphatic heterocycles. The zero-order chi connectivity index (χ0) is 20.3. The lowest BCUT2D eigenvalue weighted by molar-refractivity contribution is -0.0707. The Hall–Kier alpha value is -1.87. The monoisotopic (exact) mass is 425 g/mol. The number of nitrogens with zero attached hydrogens (tertiary/aromatic N) is 2. The fourth-order valence-corrected chi connectivity index (χ4v) is 4.28. The maximum absolute atomic E-state index is 12.6. The number of ether oxygens (including phenoxy) is 3. The summed E-state index contributed by atoms with van der Waals surface area (Å²) in [5, 5.41) is 5.63. The topological polar surface area (TPSA) is 72.9 Å². The van der Waals surface area contributed by atoms with E-state index in [9.17, 15) is 4.79 Å². The Labute approximate surface area is 173 Å². The lowest BCUT2D eigenvalue weighted by atomic mass is 10.2. The summed E-state index contributed by atoms with van der Waals surface area (Å²) in [6.45, 7) is 6.61. The molecule has 0 saturated carbocycles. The van der Waals surface area contributed by atoms with Crippen LogP contribution in [0, 0.1) is 0 Å². The number of thiazole rings is 1. The van der Waals surface area contributed by atoms with Crippen LogP contribution in [0.3, 0.4) is 0 Å². The maximum Gasteiger partial charge on any atom is 0.257 e. The number of rotatable bonds is 6. The molecule has 1 N–H and O–H groups in total. The molecule has 152 valence electrons. The van der Waals surface area contributed by atoms with Gasteiger partial charge in [-0.3, -0.25) is 15.0 Å². The highest BCUT2D eigenvalue weighted by molar-refractivity contribution is 7.14. The summed E-state index contributed by atoms with van der Waals surface area (Å²) in [5.74, 6) is 0.485. The number of aromatic nitrogens is 1. The summed E-state index contributed by atoms with van der Waals surface area (Å²) in [5.41, 5.74) is 1.29. The van der Waals surface area contributed by atoms with Gasteiger partial charge in [0.05, 0.1) is 37.1 Å². The molecule has 0 aliphatic carbocycles. The van der Waals surface area contributed by atoms with E-state index in [0.717, 1.165) is 25.3 Å². The third-order valence-electron chi connectivity index (χ3n) is 4.35. The smallest absolute Gasteiger partial charge is 0.257 e. The molecular weight excluding hydrogens is 402 g/mol. The SMILES string of the molecule is COc1cc(C(=O)Nc2nc(CN3C[C@@H](C)O[C@H](C)C3)cs2)cc(Cl)c1OC. The Kier molecular flexibility index (Phi) is 6.77. The van der Waals surface area contributed by atoms with Gasteiger partial charge in [0.2, 0.25) is 0 Å². The van der Waals surface area contributed by atoms with Gasteiger partial charge in [0, 0.05) is 30.6 Å². The van der Waals surface area contributed by atoms with Gasteiger partial charge >= 0.3 is 0 Å². The molecule has 2 aromatic rings. The van der Waals surface area contributed by atoms with Crippen molar-refractivity contribution in [1.82, 2.24) is 9.88 Å². The molecule has 2 heterocycles. The van der Waals surface area contributed by atoms with Gasteiger partial charge < -0.3 is 14.2 Å². The average molecular weight is 426 g/mol. The minimum atomic E-state index is -0.308. The van der Waals surface area contributed by atoms with Gasteiger partial charge in [0.25, 0.3) is 5.91 Å². The predicted molar refractivity (Wildman–Crippen MR) is 110 cm³/mol. The number of anilines is 1. The van der Waals surface area contributed by atoms with Crippen LogP contribution in [0.25, 0.3) is 0 Å². The van der Waals surface area contributed by atoms with Crippen LogP contribution >= 0.6 is 22.9 Å². The van der Waals surface area contributed by atoms with Crippen molar-refractivity contribution in [2.24, 2.45) is 0 Å². The van der Waals surface area contributed by atoms with Gasteiger partial charge in [-0.15, -0.1) is 11.3 Å². The molecule has 0 unspecified atom stereocenters. The Morgan fingerprint density at radius 3 is 2.68 bits per heavy atom. The van der Waals surface area contributed by atoms with Crippen LogP contribution in [0.4, 0.5) is 5.13 Å². The highest BCUT2D eigenvalue weighted by Gasteiger charge is 2.23. The number of benzene rings is 1. The molecule has 2 atom stereocenters. The van der Waals surface area contributed by atoms with E-state index in [4.69, 9.17) is 25.8 Å². The number of nitrogens with one attached hydrogen (secondary N) is 1. The highest BCUT2D eigenvalue weighted by Crippen LogP contribution is 2.36. The standard InChI is InChI=1S/C19H24ClN3O4S/c1-11-7-23(8-12(2)27-11)9-14-10-28-19(21-14)22-18(24)13-5-15(20)17(26-4)16(6-13)25-3/h5-6,10-12H,7-9H2,1-4H3,(H,21,22,24)/t11-,12-/m1/s1. The molecule has 0 spiro atoms.